The third-order valence-corrected chi connectivity index (χ3v) is 2.55. The molecule has 1 amide bonds. The SMILES string of the molecule is CSCCC(NCCN(C)C)C(N)=O. The van der Waals surface area contributed by atoms with Crippen LogP contribution in [0.2, 0.25) is 0 Å². The van der Waals surface area contributed by atoms with E-state index in [2.05, 4.69) is 10.2 Å². The Bertz CT molecular complexity index is 164. The second kappa shape index (κ2) is 8.08. The van der Waals surface area contributed by atoms with Crippen LogP contribution in [0, 0.1) is 0 Å². The molecule has 84 valence electrons. The van der Waals surface area contributed by atoms with Gasteiger partial charge in [0.15, 0.2) is 0 Å². The highest BCUT2D eigenvalue weighted by Crippen LogP contribution is 1.99. The summed E-state index contributed by atoms with van der Waals surface area (Å²) in [5.74, 6) is 0.709. The average molecular weight is 219 g/mol. The van der Waals surface area contributed by atoms with Crippen molar-refractivity contribution in [1.29, 1.82) is 0 Å². The van der Waals surface area contributed by atoms with Crippen molar-refractivity contribution in [3.05, 3.63) is 0 Å². The summed E-state index contributed by atoms with van der Waals surface area (Å²) in [7, 11) is 4.01. The van der Waals surface area contributed by atoms with Gasteiger partial charge in [-0.25, -0.2) is 0 Å². The van der Waals surface area contributed by atoms with E-state index in [1.165, 1.54) is 0 Å². The van der Waals surface area contributed by atoms with Crippen molar-refractivity contribution in [2.75, 3.05) is 39.2 Å². The first kappa shape index (κ1) is 13.7. The van der Waals surface area contributed by atoms with E-state index in [0.29, 0.717) is 0 Å². The number of rotatable bonds is 8. The van der Waals surface area contributed by atoms with Gasteiger partial charge in [0, 0.05) is 13.1 Å². The number of nitrogens with zero attached hydrogens (tertiary/aromatic N) is 1. The lowest BCUT2D eigenvalue weighted by atomic mass is 10.2. The number of primary amides is 1. The maximum absolute atomic E-state index is 11.0. The highest BCUT2D eigenvalue weighted by molar-refractivity contribution is 7.98. The zero-order valence-corrected chi connectivity index (χ0v) is 10.1. The van der Waals surface area contributed by atoms with Gasteiger partial charge >= 0.3 is 0 Å². The quantitative estimate of drug-likeness (QED) is 0.591. The molecule has 14 heavy (non-hydrogen) atoms. The topological polar surface area (TPSA) is 58.4 Å². The molecule has 0 saturated heterocycles. The summed E-state index contributed by atoms with van der Waals surface area (Å²) >= 11 is 1.73. The van der Waals surface area contributed by atoms with Crippen molar-refractivity contribution in [3.63, 3.8) is 0 Å². The molecule has 0 aromatic rings. The molecule has 3 N–H and O–H groups in total. The van der Waals surface area contributed by atoms with E-state index in [0.717, 1.165) is 25.3 Å². The molecule has 0 heterocycles. The summed E-state index contributed by atoms with van der Waals surface area (Å²) in [6.07, 6.45) is 2.84. The van der Waals surface area contributed by atoms with E-state index in [9.17, 15) is 4.79 Å². The molecule has 0 spiro atoms. The molecule has 4 nitrogen and oxygen atoms in total. The minimum atomic E-state index is -0.252. The second-order valence-electron chi connectivity index (χ2n) is 3.49. The zero-order valence-electron chi connectivity index (χ0n) is 9.25. The van der Waals surface area contributed by atoms with Crippen molar-refractivity contribution < 1.29 is 4.79 Å². The smallest absolute Gasteiger partial charge is 0.234 e. The predicted octanol–water partition coefficient (Wildman–Crippen LogP) is -0.255. The second-order valence-corrected chi connectivity index (χ2v) is 4.48. The molecule has 0 aromatic carbocycles. The highest BCUT2D eigenvalue weighted by atomic mass is 32.2. The van der Waals surface area contributed by atoms with Crippen molar-refractivity contribution in [3.8, 4) is 0 Å². The summed E-state index contributed by atoms with van der Waals surface area (Å²) in [4.78, 5) is 13.1. The Morgan fingerprint density at radius 3 is 2.64 bits per heavy atom. The molecule has 1 unspecified atom stereocenters. The fourth-order valence-electron chi connectivity index (χ4n) is 1.04. The van der Waals surface area contributed by atoms with E-state index in [-0.39, 0.29) is 11.9 Å². The molecule has 1 atom stereocenters. The van der Waals surface area contributed by atoms with Gasteiger partial charge in [-0.15, -0.1) is 0 Å². The minimum Gasteiger partial charge on any atom is -0.368 e. The lowest BCUT2D eigenvalue weighted by Crippen LogP contribution is -2.44. The van der Waals surface area contributed by atoms with Crippen molar-refractivity contribution in [2.45, 2.75) is 12.5 Å². The van der Waals surface area contributed by atoms with E-state index < -0.39 is 0 Å². The number of hydrogen-bond donors (Lipinski definition) is 2. The first-order chi connectivity index (χ1) is 6.57. The lowest BCUT2D eigenvalue weighted by Gasteiger charge is -2.16. The van der Waals surface area contributed by atoms with Crippen LogP contribution in [-0.2, 0) is 4.79 Å². The molecule has 0 aromatic heterocycles. The Morgan fingerprint density at radius 2 is 2.21 bits per heavy atom. The zero-order chi connectivity index (χ0) is 11.0. The number of thioether (sulfide) groups is 1. The lowest BCUT2D eigenvalue weighted by molar-refractivity contribution is -0.120. The van der Waals surface area contributed by atoms with Crippen LogP contribution >= 0.6 is 11.8 Å². The fourth-order valence-corrected chi connectivity index (χ4v) is 1.51. The average Bonchev–Trinajstić information content (AvgIpc) is 2.09. The van der Waals surface area contributed by atoms with Crippen molar-refractivity contribution >= 4 is 17.7 Å². The normalized spacial score (nSPS) is 13.1. The van der Waals surface area contributed by atoms with Crippen LogP contribution in [0.3, 0.4) is 0 Å². The van der Waals surface area contributed by atoms with Crippen LogP contribution in [0.5, 0.6) is 0 Å². The van der Waals surface area contributed by atoms with Crippen LogP contribution in [0.15, 0.2) is 0 Å². The molecule has 0 aliphatic rings. The Labute approximate surface area is 90.6 Å². The Kier molecular flexibility index (Phi) is 7.93. The largest absolute Gasteiger partial charge is 0.368 e. The molecule has 0 aliphatic carbocycles. The van der Waals surface area contributed by atoms with Gasteiger partial charge in [-0.05, 0) is 32.5 Å². The molecule has 0 bridgehead atoms. The number of hydrogen-bond acceptors (Lipinski definition) is 4. The molecule has 0 radical (unpaired) electrons. The van der Waals surface area contributed by atoms with Gasteiger partial charge in [-0.2, -0.15) is 11.8 Å². The number of nitrogens with one attached hydrogen (secondary N) is 1. The van der Waals surface area contributed by atoms with Gasteiger partial charge < -0.3 is 16.0 Å². The molecule has 0 rings (SSSR count). The first-order valence-corrected chi connectivity index (χ1v) is 6.13. The van der Waals surface area contributed by atoms with Gasteiger partial charge in [0.2, 0.25) is 5.91 Å². The third kappa shape index (κ3) is 7.17. The van der Waals surface area contributed by atoms with E-state index in [1.807, 2.05) is 20.4 Å². The maximum atomic E-state index is 11.0. The summed E-state index contributed by atoms with van der Waals surface area (Å²) in [6, 6.07) is -0.178. The van der Waals surface area contributed by atoms with Crippen LogP contribution < -0.4 is 11.1 Å². The summed E-state index contributed by atoms with van der Waals surface area (Å²) < 4.78 is 0. The van der Waals surface area contributed by atoms with Gasteiger partial charge in [-0.3, -0.25) is 4.79 Å². The van der Waals surface area contributed by atoms with Gasteiger partial charge in [0.25, 0.3) is 0 Å². The number of carbonyl (C=O) groups excluding carboxylic acids is 1. The Balaban J connectivity index is 3.68. The monoisotopic (exact) mass is 219 g/mol. The number of nitrogens with two attached hydrogens (primary N) is 1. The van der Waals surface area contributed by atoms with Crippen LogP contribution in [0.1, 0.15) is 6.42 Å². The summed E-state index contributed by atoms with van der Waals surface area (Å²) in [5, 5.41) is 3.16. The molecular formula is C9H21N3OS. The number of likely N-dealkylation sites (N-methyl/N-ethyl adjacent to an activating group) is 1. The molecule has 5 heteroatoms. The summed E-state index contributed by atoms with van der Waals surface area (Å²) in [5.41, 5.74) is 5.27. The predicted molar refractivity (Wildman–Crippen MR) is 62.5 cm³/mol. The molecule has 0 fully saturated rings. The molecule has 0 aliphatic heterocycles. The number of amides is 1. The van der Waals surface area contributed by atoms with Gasteiger partial charge in [-0.1, -0.05) is 0 Å². The van der Waals surface area contributed by atoms with E-state index in [1.54, 1.807) is 11.8 Å². The van der Waals surface area contributed by atoms with Crippen LogP contribution in [-0.4, -0.2) is 56.0 Å². The first-order valence-electron chi connectivity index (χ1n) is 4.74. The molecular weight excluding hydrogens is 198 g/mol. The van der Waals surface area contributed by atoms with Crippen LogP contribution in [0.4, 0.5) is 0 Å². The Hall–Kier alpha value is -0.260. The van der Waals surface area contributed by atoms with Crippen LogP contribution in [0.25, 0.3) is 0 Å². The molecule has 0 saturated carbocycles. The number of carbonyl (C=O) groups is 1. The standard InChI is InChI=1S/C9H21N3OS/c1-12(2)6-5-11-8(9(10)13)4-7-14-3/h8,11H,4-7H2,1-3H3,(H2,10,13). The third-order valence-electron chi connectivity index (χ3n) is 1.90. The highest BCUT2D eigenvalue weighted by Gasteiger charge is 2.13. The summed E-state index contributed by atoms with van der Waals surface area (Å²) in [6.45, 7) is 1.72. The fraction of sp³-hybridized carbons (Fsp3) is 0.889. The Morgan fingerprint density at radius 1 is 1.57 bits per heavy atom. The van der Waals surface area contributed by atoms with Crippen molar-refractivity contribution in [1.82, 2.24) is 10.2 Å². The minimum absolute atomic E-state index is 0.178. The van der Waals surface area contributed by atoms with E-state index in [4.69, 9.17) is 5.73 Å². The van der Waals surface area contributed by atoms with Gasteiger partial charge in [0.1, 0.15) is 0 Å². The maximum Gasteiger partial charge on any atom is 0.234 e. The van der Waals surface area contributed by atoms with E-state index >= 15 is 0 Å². The van der Waals surface area contributed by atoms with Gasteiger partial charge in [0.05, 0.1) is 6.04 Å². The van der Waals surface area contributed by atoms with Crippen molar-refractivity contribution in [2.24, 2.45) is 5.73 Å².